The van der Waals surface area contributed by atoms with Crippen molar-refractivity contribution in [3.63, 3.8) is 0 Å². The Kier molecular flexibility index (Phi) is 17.1. The van der Waals surface area contributed by atoms with Crippen molar-refractivity contribution in [1.29, 1.82) is 0 Å². The summed E-state index contributed by atoms with van der Waals surface area (Å²) in [6.45, 7) is 2.93. The molecular formula is C38H46Cl3F3N6O6. The summed E-state index contributed by atoms with van der Waals surface area (Å²) < 4.78 is 67.3. The Morgan fingerprint density at radius 1 is 0.768 bits per heavy atom. The molecule has 18 heteroatoms. The Morgan fingerprint density at radius 3 is 1.96 bits per heavy atom. The number of piperazine rings is 2. The number of ether oxygens (including phenoxy) is 5. The molecule has 1 unspecified atom stereocenters. The van der Waals surface area contributed by atoms with Crippen molar-refractivity contribution >= 4 is 43.1 Å². The van der Waals surface area contributed by atoms with Crippen molar-refractivity contribution in [3.05, 3.63) is 95.1 Å². The van der Waals surface area contributed by atoms with Gasteiger partial charge in [-0.2, -0.15) is 28.1 Å². The van der Waals surface area contributed by atoms with E-state index in [1.807, 2.05) is 36.4 Å². The summed E-state index contributed by atoms with van der Waals surface area (Å²) in [5, 5.41) is 0. The van der Waals surface area contributed by atoms with Crippen molar-refractivity contribution in [2.75, 3.05) is 67.3 Å². The Labute approximate surface area is 342 Å². The molecule has 12 nitrogen and oxygen atoms in total. The molecular weight excluding hydrogens is 800 g/mol. The highest BCUT2D eigenvalue weighted by Gasteiger charge is 2.44. The van der Waals surface area contributed by atoms with Crippen LogP contribution in [0.2, 0.25) is 0 Å². The van der Waals surface area contributed by atoms with Crippen molar-refractivity contribution in [2.45, 2.75) is 37.6 Å². The van der Waals surface area contributed by atoms with Gasteiger partial charge in [-0.25, -0.2) is 0 Å². The highest BCUT2D eigenvalue weighted by atomic mass is 35.5. The number of hydrogen-bond donors (Lipinski definition) is 0. The van der Waals surface area contributed by atoms with Gasteiger partial charge >= 0.3 is 12.2 Å². The molecule has 4 aromatic rings. The van der Waals surface area contributed by atoms with E-state index in [9.17, 15) is 18.0 Å². The fraction of sp³-hybridized carbons (Fsp3) is 0.421. The molecule has 2 fully saturated rings. The first-order valence-electron chi connectivity index (χ1n) is 17.4. The summed E-state index contributed by atoms with van der Waals surface area (Å²) in [6.07, 6.45) is -4.60. The average molecular weight is 846 g/mol. The average Bonchev–Trinajstić information content (AvgIpc) is 3.17. The van der Waals surface area contributed by atoms with Crippen molar-refractivity contribution < 1.29 is 41.7 Å². The first kappa shape index (κ1) is 46.1. The zero-order chi connectivity index (χ0) is 37.5. The number of hydrogen-bond acceptors (Lipinski definition) is 11. The highest BCUT2D eigenvalue weighted by Crippen LogP contribution is 2.38. The van der Waals surface area contributed by atoms with Crippen LogP contribution in [0, 0.1) is 0 Å². The maximum absolute atomic E-state index is 14.0. The molecule has 2 saturated heterocycles. The van der Waals surface area contributed by atoms with Gasteiger partial charge in [0.2, 0.25) is 23.5 Å². The van der Waals surface area contributed by atoms with Gasteiger partial charge in [0.05, 0.1) is 33.5 Å². The van der Waals surface area contributed by atoms with Gasteiger partial charge in [0.1, 0.15) is 5.56 Å². The topological polar surface area (TPSA) is 112 Å². The molecule has 1 amide bonds. The van der Waals surface area contributed by atoms with Crippen molar-refractivity contribution in [3.8, 4) is 29.5 Å². The standard InChI is InChI=1S/C38H43F3N6O6.3ClH/c1-5-52-37-43-34(51-4)29(35(44-37)53-24-38(39,40)41)22-45-20-27-21-46(36(48)28-16-17-31(49-2)42-33(28)50-3)18-19-47(27)30(23-45)32(25-12-8-6-9-13-25)26-14-10-7-11-15-26;;;/h6-17,27,30,32H,5,18-24H2,1-4H3;3*1H/t27-,30?;;;/m1.../s1. The third-order valence-electron chi connectivity index (χ3n) is 9.46. The molecule has 0 spiro atoms. The van der Waals surface area contributed by atoms with Crippen LogP contribution in [0.1, 0.15) is 39.9 Å². The second kappa shape index (κ2) is 20.8. The SMILES string of the molecule is CCOc1nc(OC)c(CN2CC(C(c3ccccc3)c3ccccc3)N3CCN(C(=O)c4ccc(OC)nc4OC)C[C@H]3C2)c(OCC(F)(F)F)n1.Cl.Cl.Cl. The Balaban J connectivity index is 0.00000280. The van der Waals surface area contributed by atoms with E-state index in [0.717, 1.165) is 11.1 Å². The molecule has 0 saturated carbocycles. The molecule has 2 aliphatic heterocycles. The van der Waals surface area contributed by atoms with E-state index in [1.165, 1.54) is 21.3 Å². The molecule has 6 rings (SSSR count). The summed E-state index contributed by atoms with van der Waals surface area (Å²) in [6, 6.07) is 23.3. The number of fused-ring (bicyclic) bond motifs is 1. The third kappa shape index (κ3) is 10.8. The molecule has 2 atom stereocenters. The number of benzene rings is 2. The van der Waals surface area contributed by atoms with Crippen molar-refractivity contribution in [1.82, 2.24) is 29.7 Å². The van der Waals surface area contributed by atoms with E-state index < -0.39 is 12.8 Å². The van der Waals surface area contributed by atoms with E-state index in [1.54, 1.807) is 24.0 Å². The molecule has 56 heavy (non-hydrogen) atoms. The van der Waals surface area contributed by atoms with Crippen LogP contribution in [-0.2, 0) is 6.54 Å². The van der Waals surface area contributed by atoms with Gasteiger partial charge in [-0.15, -0.1) is 37.2 Å². The number of rotatable bonds is 13. The largest absolute Gasteiger partial charge is 0.481 e. The zero-order valence-corrected chi connectivity index (χ0v) is 33.8. The molecule has 2 aromatic heterocycles. The molecule has 306 valence electrons. The molecule has 0 N–H and O–H groups in total. The number of carbonyl (C=O) groups excluding carboxylic acids is 1. The second-order valence-corrected chi connectivity index (χ2v) is 12.7. The minimum absolute atomic E-state index is 0. The van der Waals surface area contributed by atoms with Crippen LogP contribution in [-0.4, -0.2) is 121 Å². The number of methoxy groups -OCH3 is 3. The monoisotopic (exact) mass is 844 g/mol. The minimum atomic E-state index is -4.60. The third-order valence-corrected chi connectivity index (χ3v) is 9.46. The lowest BCUT2D eigenvalue weighted by atomic mass is 9.81. The van der Waals surface area contributed by atoms with E-state index in [2.05, 4.69) is 49.0 Å². The van der Waals surface area contributed by atoms with Gasteiger partial charge in [-0.05, 0) is 24.1 Å². The smallest absolute Gasteiger partial charge is 0.422 e. The quantitative estimate of drug-likeness (QED) is 0.150. The molecule has 0 aliphatic carbocycles. The predicted octanol–water partition coefficient (Wildman–Crippen LogP) is 6.35. The van der Waals surface area contributed by atoms with E-state index in [-0.39, 0.29) is 103 Å². The van der Waals surface area contributed by atoms with Crippen molar-refractivity contribution in [2.24, 2.45) is 0 Å². The van der Waals surface area contributed by atoms with Crippen LogP contribution < -0.4 is 23.7 Å². The molecule has 4 heterocycles. The summed E-state index contributed by atoms with van der Waals surface area (Å²) >= 11 is 0. The van der Waals surface area contributed by atoms with E-state index in [0.29, 0.717) is 44.2 Å². The summed E-state index contributed by atoms with van der Waals surface area (Å²) in [5.41, 5.74) is 2.82. The highest BCUT2D eigenvalue weighted by molar-refractivity contribution is 5.96. The van der Waals surface area contributed by atoms with E-state index in [4.69, 9.17) is 23.7 Å². The Morgan fingerprint density at radius 2 is 1.39 bits per heavy atom. The maximum atomic E-state index is 14.0. The minimum Gasteiger partial charge on any atom is -0.481 e. The summed E-state index contributed by atoms with van der Waals surface area (Å²) in [7, 11) is 4.34. The number of carbonyl (C=O) groups is 1. The zero-order valence-electron chi connectivity index (χ0n) is 31.3. The van der Waals surface area contributed by atoms with Gasteiger partial charge < -0.3 is 28.6 Å². The van der Waals surface area contributed by atoms with Crippen LogP contribution >= 0.6 is 37.2 Å². The number of pyridine rings is 1. The first-order chi connectivity index (χ1) is 25.6. The molecule has 0 radical (unpaired) electrons. The lowest BCUT2D eigenvalue weighted by Crippen LogP contribution is -2.67. The molecule has 2 aromatic carbocycles. The fourth-order valence-corrected chi connectivity index (χ4v) is 7.22. The van der Waals surface area contributed by atoms with Gasteiger partial charge in [0, 0.05) is 63.3 Å². The number of alkyl halides is 3. The van der Waals surface area contributed by atoms with Crippen LogP contribution in [0.3, 0.4) is 0 Å². The van der Waals surface area contributed by atoms with Gasteiger partial charge in [-0.1, -0.05) is 60.7 Å². The maximum Gasteiger partial charge on any atom is 0.422 e. The number of aromatic nitrogens is 3. The number of halogens is 6. The van der Waals surface area contributed by atoms with Crippen LogP contribution in [0.25, 0.3) is 0 Å². The fourth-order valence-electron chi connectivity index (χ4n) is 7.22. The number of nitrogens with zero attached hydrogens (tertiary/aromatic N) is 6. The summed E-state index contributed by atoms with van der Waals surface area (Å²) in [5.74, 6) is -0.00965. The van der Waals surface area contributed by atoms with E-state index >= 15 is 0 Å². The summed E-state index contributed by atoms with van der Waals surface area (Å²) in [4.78, 5) is 33.3. The first-order valence-corrected chi connectivity index (χ1v) is 17.4. The normalized spacial score (nSPS) is 17.0. The lowest BCUT2D eigenvalue weighted by molar-refractivity contribution is -0.154. The lowest BCUT2D eigenvalue weighted by Gasteiger charge is -2.53. The van der Waals surface area contributed by atoms with Crippen LogP contribution in [0.15, 0.2) is 72.8 Å². The Bertz CT molecular complexity index is 1810. The molecule has 0 bridgehead atoms. The predicted molar refractivity (Wildman–Crippen MR) is 211 cm³/mol. The van der Waals surface area contributed by atoms with Gasteiger partial charge in [0.15, 0.2) is 6.61 Å². The van der Waals surface area contributed by atoms with Crippen LogP contribution in [0.5, 0.6) is 29.5 Å². The van der Waals surface area contributed by atoms with Crippen LogP contribution in [0.4, 0.5) is 13.2 Å². The molecule has 2 aliphatic rings. The van der Waals surface area contributed by atoms with Gasteiger partial charge in [0.25, 0.3) is 5.91 Å². The van der Waals surface area contributed by atoms with Gasteiger partial charge in [-0.3, -0.25) is 14.6 Å². The Hall–Kier alpha value is -4.28. The second-order valence-electron chi connectivity index (χ2n) is 12.7. The number of amides is 1.